The molecule has 0 spiro atoms. The Labute approximate surface area is 182 Å². The highest BCUT2D eigenvalue weighted by Gasteiger charge is 2.41. The van der Waals surface area contributed by atoms with Crippen LogP contribution in [0.2, 0.25) is 10.0 Å². The Balaban J connectivity index is 1.98. The molecule has 8 nitrogen and oxygen atoms in total. The average Bonchev–Trinajstić information content (AvgIpc) is 2.69. The highest BCUT2D eigenvalue weighted by molar-refractivity contribution is 6.35. The number of amides is 2. The number of nitrogens with zero attached hydrogens (tertiary/aromatic N) is 2. The fourth-order valence-electron chi connectivity index (χ4n) is 3.12. The molecule has 2 atom stereocenters. The first kappa shape index (κ1) is 21.9. The molecule has 0 aromatic heterocycles. The number of nitrogens with one attached hydrogen (secondary N) is 1. The first-order chi connectivity index (χ1) is 14.1. The van der Waals surface area contributed by atoms with Gasteiger partial charge in [0.1, 0.15) is 6.04 Å². The van der Waals surface area contributed by atoms with Gasteiger partial charge in [-0.3, -0.25) is 24.6 Å². The Kier molecular flexibility index (Phi) is 6.19. The zero-order chi connectivity index (χ0) is 22.2. The molecule has 0 aliphatic carbocycles. The van der Waals surface area contributed by atoms with Gasteiger partial charge in [0.15, 0.2) is 11.9 Å². The van der Waals surface area contributed by atoms with Crippen LogP contribution in [0, 0.1) is 16.0 Å². The molecule has 0 bridgehead atoms. The second-order valence-electron chi connectivity index (χ2n) is 7.19. The first-order valence-corrected chi connectivity index (χ1v) is 9.89. The third-order valence-corrected chi connectivity index (χ3v) is 5.27. The number of nitro benzene ring substituents is 1. The number of ether oxygens (including phenoxy) is 1. The molecule has 0 fully saturated rings. The number of hydrogen-bond acceptors (Lipinski definition) is 5. The summed E-state index contributed by atoms with van der Waals surface area (Å²) in [5.74, 6) is -0.958. The molecule has 0 radical (unpaired) electrons. The van der Waals surface area contributed by atoms with E-state index in [-0.39, 0.29) is 23.0 Å². The summed E-state index contributed by atoms with van der Waals surface area (Å²) >= 11 is 12.1. The van der Waals surface area contributed by atoms with E-state index < -0.39 is 28.9 Å². The molecule has 0 saturated heterocycles. The van der Waals surface area contributed by atoms with E-state index in [1.165, 1.54) is 29.2 Å². The van der Waals surface area contributed by atoms with E-state index in [1.807, 2.05) is 0 Å². The highest BCUT2D eigenvalue weighted by Crippen LogP contribution is 2.39. The molecular formula is C20H19Cl2N3O5. The molecule has 2 unspecified atom stereocenters. The summed E-state index contributed by atoms with van der Waals surface area (Å²) in [6, 6.07) is 7.61. The summed E-state index contributed by atoms with van der Waals surface area (Å²) in [7, 11) is 0. The number of hydrogen-bond donors (Lipinski definition) is 1. The fourth-order valence-corrected chi connectivity index (χ4v) is 3.46. The van der Waals surface area contributed by atoms with Crippen molar-refractivity contribution >= 4 is 52.1 Å². The highest BCUT2D eigenvalue weighted by atomic mass is 35.5. The maximum absolute atomic E-state index is 13.1. The van der Waals surface area contributed by atoms with E-state index in [2.05, 4.69) is 5.32 Å². The minimum atomic E-state index is -0.946. The molecule has 10 heteroatoms. The normalized spacial score (nSPS) is 16.7. The van der Waals surface area contributed by atoms with Crippen LogP contribution in [0.25, 0.3) is 0 Å². The minimum Gasteiger partial charge on any atom is -0.478 e. The summed E-state index contributed by atoms with van der Waals surface area (Å²) in [6.07, 6.45) is -0.885. The number of carbonyl (C=O) groups excluding carboxylic acids is 2. The lowest BCUT2D eigenvalue weighted by atomic mass is 10.0. The van der Waals surface area contributed by atoms with Crippen molar-refractivity contribution < 1.29 is 19.2 Å². The maximum atomic E-state index is 13.1. The van der Waals surface area contributed by atoms with E-state index in [9.17, 15) is 19.7 Å². The van der Waals surface area contributed by atoms with Gasteiger partial charge in [-0.15, -0.1) is 0 Å². The van der Waals surface area contributed by atoms with Gasteiger partial charge >= 0.3 is 0 Å². The molecule has 0 saturated carbocycles. The van der Waals surface area contributed by atoms with Crippen molar-refractivity contribution in [3.8, 4) is 5.75 Å². The van der Waals surface area contributed by atoms with Crippen LogP contribution >= 0.6 is 23.2 Å². The molecule has 1 N–H and O–H groups in total. The first-order valence-electron chi connectivity index (χ1n) is 9.14. The van der Waals surface area contributed by atoms with Crippen LogP contribution in [0.1, 0.15) is 20.8 Å². The van der Waals surface area contributed by atoms with Crippen molar-refractivity contribution in [3.63, 3.8) is 0 Å². The van der Waals surface area contributed by atoms with Gasteiger partial charge in [-0.2, -0.15) is 0 Å². The van der Waals surface area contributed by atoms with E-state index in [0.29, 0.717) is 15.7 Å². The molecule has 1 aliphatic rings. The van der Waals surface area contributed by atoms with Crippen molar-refractivity contribution in [2.45, 2.75) is 32.9 Å². The van der Waals surface area contributed by atoms with Gasteiger partial charge in [0.05, 0.1) is 27.4 Å². The Morgan fingerprint density at radius 1 is 1.20 bits per heavy atom. The van der Waals surface area contributed by atoms with E-state index in [4.69, 9.17) is 27.9 Å². The SMILES string of the molecule is CC(C)C1Oc2cc([N+](=O)[O-])ccc2N(C(C)C(=O)Nc2cc(Cl)ccc2Cl)C1=O. The number of non-ortho nitro benzene ring substituents is 1. The number of fused-ring (bicyclic) bond motifs is 1. The van der Waals surface area contributed by atoms with Gasteiger partial charge in [-0.1, -0.05) is 37.0 Å². The van der Waals surface area contributed by atoms with Crippen molar-refractivity contribution in [1.29, 1.82) is 0 Å². The average molecular weight is 452 g/mol. The molecule has 158 valence electrons. The van der Waals surface area contributed by atoms with Crippen LogP contribution in [0.4, 0.5) is 17.1 Å². The van der Waals surface area contributed by atoms with Crippen LogP contribution in [0.3, 0.4) is 0 Å². The lowest BCUT2D eigenvalue weighted by Gasteiger charge is -2.38. The van der Waals surface area contributed by atoms with E-state index >= 15 is 0 Å². The van der Waals surface area contributed by atoms with Gasteiger partial charge in [0, 0.05) is 11.1 Å². The lowest BCUT2D eigenvalue weighted by molar-refractivity contribution is -0.384. The van der Waals surface area contributed by atoms with Crippen LogP contribution in [-0.4, -0.2) is 28.9 Å². The van der Waals surface area contributed by atoms with Gasteiger partial charge < -0.3 is 10.1 Å². The maximum Gasteiger partial charge on any atom is 0.273 e. The molecule has 3 rings (SSSR count). The van der Waals surface area contributed by atoms with Crippen molar-refractivity contribution in [2.24, 2.45) is 5.92 Å². The largest absolute Gasteiger partial charge is 0.478 e. The fraction of sp³-hybridized carbons (Fsp3) is 0.300. The Morgan fingerprint density at radius 3 is 2.53 bits per heavy atom. The number of carbonyl (C=O) groups is 2. The number of benzene rings is 2. The van der Waals surface area contributed by atoms with Crippen LogP contribution in [-0.2, 0) is 9.59 Å². The van der Waals surface area contributed by atoms with Crippen molar-refractivity contribution in [3.05, 3.63) is 56.6 Å². The quantitative estimate of drug-likeness (QED) is 0.525. The third-order valence-electron chi connectivity index (χ3n) is 4.71. The summed E-state index contributed by atoms with van der Waals surface area (Å²) in [5.41, 5.74) is 0.418. The Bertz CT molecular complexity index is 1030. The molecule has 2 aromatic carbocycles. The number of rotatable bonds is 5. The van der Waals surface area contributed by atoms with Crippen molar-refractivity contribution in [2.75, 3.05) is 10.2 Å². The smallest absolute Gasteiger partial charge is 0.273 e. The third kappa shape index (κ3) is 4.20. The molecule has 2 amide bonds. The summed E-state index contributed by atoms with van der Waals surface area (Å²) in [4.78, 5) is 37.9. The topological polar surface area (TPSA) is 102 Å². The molecule has 1 heterocycles. The van der Waals surface area contributed by atoms with Gasteiger partial charge in [0.2, 0.25) is 5.91 Å². The predicted octanol–water partition coefficient (Wildman–Crippen LogP) is 4.68. The number of nitro groups is 1. The standard InChI is InChI=1S/C20H19Cl2N3O5/c1-10(2)18-20(27)24(16-7-5-13(25(28)29)9-17(16)30-18)11(3)19(26)23-15-8-12(21)4-6-14(15)22/h4-11,18H,1-3H3,(H,23,26). The summed E-state index contributed by atoms with van der Waals surface area (Å²) in [5, 5.41) is 14.5. The molecule has 30 heavy (non-hydrogen) atoms. The van der Waals surface area contributed by atoms with Gasteiger partial charge in [0.25, 0.3) is 11.6 Å². The Hall–Kier alpha value is -2.84. The van der Waals surface area contributed by atoms with E-state index in [0.717, 1.165) is 0 Å². The zero-order valence-electron chi connectivity index (χ0n) is 16.4. The van der Waals surface area contributed by atoms with Gasteiger partial charge in [-0.05, 0) is 37.1 Å². The number of halogens is 2. The second kappa shape index (κ2) is 8.49. The lowest BCUT2D eigenvalue weighted by Crippen LogP contribution is -2.55. The Morgan fingerprint density at radius 2 is 1.90 bits per heavy atom. The number of anilines is 2. The minimum absolute atomic E-state index is 0.169. The van der Waals surface area contributed by atoms with Crippen LogP contribution in [0.15, 0.2) is 36.4 Å². The molecule has 1 aliphatic heterocycles. The molecule has 2 aromatic rings. The van der Waals surface area contributed by atoms with Gasteiger partial charge in [-0.25, -0.2) is 0 Å². The predicted molar refractivity (Wildman–Crippen MR) is 114 cm³/mol. The van der Waals surface area contributed by atoms with Crippen molar-refractivity contribution in [1.82, 2.24) is 0 Å². The summed E-state index contributed by atoms with van der Waals surface area (Å²) < 4.78 is 5.74. The van der Waals surface area contributed by atoms with Crippen LogP contribution in [0.5, 0.6) is 5.75 Å². The monoisotopic (exact) mass is 451 g/mol. The zero-order valence-corrected chi connectivity index (χ0v) is 17.9. The second-order valence-corrected chi connectivity index (χ2v) is 8.03. The summed E-state index contributed by atoms with van der Waals surface area (Å²) in [6.45, 7) is 5.14. The van der Waals surface area contributed by atoms with Crippen LogP contribution < -0.4 is 15.0 Å². The van der Waals surface area contributed by atoms with E-state index in [1.54, 1.807) is 32.9 Å². The molecular weight excluding hydrogens is 433 g/mol.